The largest absolute Gasteiger partial charge is 0.378 e. The molecule has 1 N–H and O–H groups in total. The molecule has 5 heteroatoms. The first-order valence-electron chi connectivity index (χ1n) is 7.82. The summed E-state index contributed by atoms with van der Waals surface area (Å²) >= 11 is 0. The number of nitrogens with one attached hydrogen (secondary N) is 1. The maximum absolute atomic E-state index is 5.99. The standard InChI is InChI=1S/C15H23N3O2/c1-2-12(1)16-10-13-3-6-18(17-13)14-4-7-20-15(9-14)5-8-19-11-15/h3,6,12,14,16H,1-2,4-5,7-11H2. The van der Waals surface area contributed by atoms with Gasteiger partial charge in [0.15, 0.2) is 0 Å². The Labute approximate surface area is 119 Å². The molecule has 2 aliphatic heterocycles. The third-order valence-corrected chi connectivity index (χ3v) is 4.72. The maximum Gasteiger partial charge on any atom is 0.0957 e. The third kappa shape index (κ3) is 2.62. The topological polar surface area (TPSA) is 48.3 Å². The van der Waals surface area contributed by atoms with Crippen LogP contribution in [0.2, 0.25) is 0 Å². The van der Waals surface area contributed by atoms with Gasteiger partial charge in [0.2, 0.25) is 0 Å². The molecule has 3 heterocycles. The minimum atomic E-state index is -0.0404. The van der Waals surface area contributed by atoms with Gasteiger partial charge in [-0.15, -0.1) is 0 Å². The van der Waals surface area contributed by atoms with Crippen molar-refractivity contribution in [3.05, 3.63) is 18.0 Å². The molecule has 110 valence electrons. The Morgan fingerprint density at radius 2 is 2.30 bits per heavy atom. The lowest BCUT2D eigenvalue weighted by atomic mass is 9.90. The molecule has 4 rings (SSSR count). The van der Waals surface area contributed by atoms with Gasteiger partial charge in [-0.3, -0.25) is 4.68 Å². The number of nitrogens with zero attached hydrogens (tertiary/aromatic N) is 2. The van der Waals surface area contributed by atoms with Crippen LogP contribution in [0.5, 0.6) is 0 Å². The summed E-state index contributed by atoms with van der Waals surface area (Å²) < 4.78 is 13.7. The van der Waals surface area contributed by atoms with Crippen LogP contribution in [0.4, 0.5) is 0 Å². The number of hydrogen-bond donors (Lipinski definition) is 1. The highest BCUT2D eigenvalue weighted by Gasteiger charge is 2.41. The van der Waals surface area contributed by atoms with Crippen LogP contribution in [-0.4, -0.2) is 41.2 Å². The fraction of sp³-hybridized carbons (Fsp3) is 0.800. The van der Waals surface area contributed by atoms with Gasteiger partial charge in [-0.2, -0.15) is 5.10 Å². The zero-order valence-electron chi connectivity index (χ0n) is 11.9. The summed E-state index contributed by atoms with van der Waals surface area (Å²) in [5.74, 6) is 0. The molecule has 0 amide bonds. The number of rotatable bonds is 4. The Balaban J connectivity index is 1.40. The van der Waals surface area contributed by atoms with Gasteiger partial charge in [-0.1, -0.05) is 0 Å². The highest BCUT2D eigenvalue weighted by molar-refractivity contribution is 5.02. The molecular formula is C15H23N3O2. The molecule has 1 aromatic rings. The summed E-state index contributed by atoms with van der Waals surface area (Å²) in [6.45, 7) is 3.31. The SMILES string of the molecule is c1cn(C2CCOC3(CCOC3)C2)nc1CNC1CC1. The summed E-state index contributed by atoms with van der Waals surface area (Å²) in [5, 5.41) is 8.26. The predicted octanol–water partition coefficient (Wildman–Crippen LogP) is 1.65. The summed E-state index contributed by atoms with van der Waals surface area (Å²) in [7, 11) is 0. The average molecular weight is 277 g/mol. The van der Waals surface area contributed by atoms with E-state index in [-0.39, 0.29) is 5.60 Å². The number of ether oxygens (including phenoxy) is 2. The molecule has 3 fully saturated rings. The first kappa shape index (κ1) is 12.8. The molecule has 2 unspecified atom stereocenters. The van der Waals surface area contributed by atoms with Gasteiger partial charge in [0.05, 0.1) is 23.9 Å². The van der Waals surface area contributed by atoms with Crippen LogP contribution in [0.3, 0.4) is 0 Å². The van der Waals surface area contributed by atoms with E-state index in [4.69, 9.17) is 14.6 Å². The second-order valence-electron chi connectivity index (χ2n) is 6.42. The smallest absolute Gasteiger partial charge is 0.0957 e. The molecule has 1 aromatic heterocycles. The van der Waals surface area contributed by atoms with Crippen molar-refractivity contribution in [2.75, 3.05) is 19.8 Å². The van der Waals surface area contributed by atoms with Crippen LogP contribution in [0.25, 0.3) is 0 Å². The van der Waals surface area contributed by atoms with Gasteiger partial charge >= 0.3 is 0 Å². The molecule has 2 atom stereocenters. The highest BCUT2D eigenvalue weighted by atomic mass is 16.6. The average Bonchev–Trinajstić information content (AvgIpc) is 3.00. The first-order chi connectivity index (χ1) is 9.83. The number of hydrogen-bond acceptors (Lipinski definition) is 4. The van der Waals surface area contributed by atoms with Crippen molar-refractivity contribution in [2.24, 2.45) is 0 Å². The van der Waals surface area contributed by atoms with Crippen molar-refractivity contribution in [3.63, 3.8) is 0 Å². The molecule has 0 bridgehead atoms. The van der Waals surface area contributed by atoms with Crippen LogP contribution < -0.4 is 5.32 Å². The monoisotopic (exact) mass is 277 g/mol. The predicted molar refractivity (Wildman–Crippen MR) is 74.5 cm³/mol. The van der Waals surface area contributed by atoms with E-state index in [1.807, 2.05) is 0 Å². The van der Waals surface area contributed by atoms with Crippen molar-refractivity contribution >= 4 is 0 Å². The molecule has 0 aromatic carbocycles. The Morgan fingerprint density at radius 3 is 3.10 bits per heavy atom. The van der Waals surface area contributed by atoms with Gasteiger partial charge in [0.25, 0.3) is 0 Å². The minimum absolute atomic E-state index is 0.0404. The first-order valence-corrected chi connectivity index (χ1v) is 7.82. The van der Waals surface area contributed by atoms with Crippen molar-refractivity contribution in [1.82, 2.24) is 15.1 Å². The Kier molecular flexibility index (Phi) is 3.28. The second-order valence-corrected chi connectivity index (χ2v) is 6.42. The molecule has 1 saturated carbocycles. The minimum Gasteiger partial charge on any atom is -0.378 e. The van der Waals surface area contributed by atoms with E-state index in [0.29, 0.717) is 6.04 Å². The second kappa shape index (κ2) is 5.13. The maximum atomic E-state index is 5.99. The van der Waals surface area contributed by atoms with Crippen molar-refractivity contribution in [2.45, 2.75) is 56.3 Å². The Morgan fingerprint density at radius 1 is 1.35 bits per heavy atom. The van der Waals surface area contributed by atoms with Crippen LogP contribution in [0, 0.1) is 0 Å². The lowest BCUT2D eigenvalue weighted by molar-refractivity contribution is -0.0962. The van der Waals surface area contributed by atoms with Gasteiger partial charge in [0, 0.05) is 44.8 Å². The van der Waals surface area contributed by atoms with Gasteiger partial charge in [-0.25, -0.2) is 0 Å². The van der Waals surface area contributed by atoms with Crippen LogP contribution in [-0.2, 0) is 16.0 Å². The van der Waals surface area contributed by atoms with E-state index in [1.54, 1.807) is 0 Å². The molecule has 2 saturated heterocycles. The molecule has 5 nitrogen and oxygen atoms in total. The van der Waals surface area contributed by atoms with Crippen molar-refractivity contribution < 1.29 is 9.47 Å². The lowest BCUT2D eigenvalue weighted by Crippen LogP contribution is -2.41. The van der Waals surface area contributed by atoms with Crippen LogP contribution in [0.15, 0.2) is 12.3 Å². The van der Waals surface area contributed by atoms with Crippen molar-refractivity contribution in [1.29, 1.82) is 0 Å². The quantitative estimate of drug-likeness (QED) is 0.909. The van der Waals surface area contributed by atoms with Gasteiger partial charge in [0.1, 0.15) is 0 Å². The molecule has 3 aliphatic rings. The van der Waals surface area contributed by atoms with E-state index in [9.17, 15) is 0 Å². The summed E-state index contributed by atoms with van der Waals surface area (Å²) in [4.78, 5) is 0. The fourth-order valence-electron chi connectivity index (χ4n) is 3.30. The van der Waals surface area contributed by atoms with E-state index in [2.05, 4.69) is 22.3 Å². The normalized spacial score (nSPS) is 33.9. The van der Waals surface area contributed by atoms with Crippen LogP contribution >= 0.6 is 0 Å². The Hall–Kier alpha value is -0.910. The highest BCUT2D eigenvalue weighted by Crippen LogP contribution is 2.37. The van der Waals surface area contributed by atoms with Gasteiger partial charge < -0.3 is 14.8 Å². The van der Waals surface area contributed by atoms with Crippen molar-refractivity contribution in [3.8, 4) is 0 Å². The molecule has 0 radical (unpaired) electrons. The third-order valence-electron chi connectivity index (χ3n) is 4.72. The zero-order valence-corrected chi connectivity index (χ0v) is 11.9. The van der Waals surface area contributed by atoms with Gasteiger partial charge in [-0.05, 0) is 25.3 Å². The Bertz CT molecular complexity index is 463. The molecule has 20 heavy (non-hydrogen) atoms. The molecular weight excluding hydrogens is 254 g/mol. The molecule has 1 spiro atoms. The van der Waals surface area contributed by atoms with E-state index >= 15 is 0 Å². The van der Waals surface area contributed by atoms with E-state index in [0.717, 1.165) is 57.4 Å². The van der Waals surface area contributed by atoms with E-state index < -0.39 is 0 Å². The van der Waals surface area contributed by atoms with Crippen LogP contribution in [0.1, 0.15) is 43.8 Å². The summed E-state index contributed by atoms with van der Waals surface area (Å²) in [5.41, 5.74) is 1.11. The number of aromatic nitrogens is 2. The zero-order chi connectivity index (χ0) is 13.4. The molecule has 1 aliphatic carbocycles. The summed E-state index contributed by atoms with van der Waals surface area (Å²) in [6, 6.07) is 3.34. The lowest BCUT2D eigenvalue weighted by Gasteiger charge is -2.37. The summed E-state index contributed by atoms with van der Waals surface area (Å²) in [6.07, 6.45) is 7.89. The van der Waals surface area contributed by atoms with E-state index in [1.165, 1.54) is 12.8 Å². The fourth-order valence-corrected chi connectivity index (χ4v) is 3.30.